The van der Waals surface area contributed by atoms with E-state index in [2.05, 4.69) is 4.90 Å². The van der Waals surface area contributed by atoms with E-state index in [1.807, 2.05) is 24.3 Å². The summed E-state index contributed by atoms with van der Waals surface area (Å²) in [6.07, 6.45) is 0. The monoisotopic (exact) mass is 399 g/mol. The predicted octanol–water partition coefficient (Wildman–Crippen LogP) is 2.11. The van der Waals surface area contributed by atoms with Crippen LogP contribution in [0, 0.1) is 10.1 Å². The second-order valence-electron chi connectivity index (χ2n) is 6.45. The molecule has 152 valence electrons. The highest BCUT2D eigenvalue weighted by molar-refractivity contribution is 5.92. The molecule has 3 rings (SSSR count). The molecule has 0 N–H and O–H groups in total. The quantitative estimate of drug-likeness (QED) is 0.416. The summed E-state index contributed by atoms with van der Waals surface area (Å²) in [6, 6.07) is 12.9. The molecule has 0 atom stereocenters. The Labute approximate surface area is 167 Å². The van der Waals surface area contributed by atoms with E-state index in [4.69, 9.17) is 9.47 Å². The van der Waals surface area contributed by atoms with Crippen molar-refractivity contribution < 1.29 is 24.0 Å². The van der Waals surface area contributed by atoms with Crippen molar-refractivity contribution in [2.45, 2.75) is 0 Å². The van der Waals surface area contributed by atoms with Gasteiger partial charge in [0.15, 0.2) is 6.61 Å². The van der Waals surface area contributed by atoms with Crippen molar-refractivity contribution in [1.29, 1.82) is 0 Å². The van der Waals surface area contributed by atoms with Crippen molar-refractivity contribution in [2.75, 3.05) is 44.8 Å². The second-order valence-corrected chi connectivity index (χ2v) is 6.45. The van der Waals surface area contributed by atoms with Crippen molar-refractivity contribution in [3.05, 3.63) is 64.2 Å². The van der Waals surface area contributed by atoms with Crippen molar-refractivity contribution in [1.82, 2.24) is 4.90 Å². The molecule has 9 heteroatoms. The molecule has 1 fully saturated rings. The average molecular weight is 399 g/mol. The van der Waals surface area contributed by atoms with E-state index in [0.717, 1.165) is 17.5 Å². The number of piperazine rings is 1. The number of hydrogen-bond donors (Lipinski definition) is 0. The number of nitrogens with zero attached hydrogens (tertiary/aromatic N) is 3. The molecule has 0 radical (unpaired) electrons. The number of carbonyl (C=O) groups excluding carboxylic acids is 2. The molecule has 0 spiro atoms. The van der Waals surface area contributed by atoms with Crippen LogP contribution in [0.4, 0.5) is 11.4 Å². The number of rotatable bonds is 6. The van der Waals surface area contributed by atoms with Gasteiger partial charge in [-0.1, -0.05) is 6.07 Å². The van der Waals surface area contributed by atoms with Crippen molar-refractivity contribution in [2.24, 2.45) is 0 Å². The molecule has 1 saturated heterocycles. The number of nitro groups is 1. The normalized spacial score (nSPS) is 13.7. The van der Waals surface area contributed by atoms with Gasteiger partial charge in [-0.3, -0.25) is 14.9 Å². The standard InChI is InChI=1S/C20H21N3O6/c1-28-18-7-5-16(6-8-18)21-9-11-22(12-10-21)19(24)14-29-20(25)15-3-2-4-17(13-15)23(26)27/h2-8,13H,9-12,14H2,1H3. The van der Waals surface area contributed by atoms with E-state index in [0.29, 0.717) is 26.2 Å². The van der Waals surface area contributed by atoms with Crippen LogP contribution in [0.15, 0.2) is 48.5 Å². The fourth-order valence-electron chi connectivity index (χ4n) is 3.06. The number of ether oxygens (including phenoxy) is 2. The molecule has 1 amide bonds. The molecule has 0 saturated carbocycles. The first-order valence-electron chi connectivity index (χ1n) is 9.06. The number of amides is 1. The lowest BCUT2D eigenvalue weighted by molar-refractivity contribution is -0.384. The van der Waals surface area contributed by atoms with Crippen LogP contribution in [0.3, 0.4) is 0 Å². The number of benzene rings is 2. The second kappa shape index (κ2) is 9.05. The van der Waals surface area contributed by atoms with Crippen LogP contribution in [0.1, 0.15) is 10.4 Å². The van der Waals surface area contributed by atoms with Crippen LogP contribution in [0.2, 0.25) is 0 Å². The van der Waals surface area contributed by atoms with Gasteiger partial charge in [-0.15, -0.1) is 0 Å². The molecular weight excluding hydrogens is 378 g/mol. The number of anilines is 1. The molecular formula is C20H21N3O6. The maximum atomic E-state index is 12.3. The molecule has 29 heavy (non-hydrogen) atoms. The zero-order valence-corrected chi connectivity index (χ0v) is 15.9. The number of methoxy groups -OCH3 is 1. The summed E-state index contributed by atoms with van der Waals surface area (Å²) in [5.74, 6) is -0.273. The minimum Gasteiger partial charge on any atom is -0.497 e. The molecule has 2 aromatic rings. The van der Waals surface area contributed by atoms with E-state index in [1.165, 1.54) is 18.2 Å². The molecule has 0 unspecified atom stereocenters. The highest BCUT2D eigenvalue weighted by Gasteiger charge is 2.23. The van der Waals surface area contributed by atoms with Gasteiger partial charge >= 0.3 is 5.97 Å². The first kappa shape index (κ1) is 20.1. The third kappa shape index (κ3) is 5.01. The van der Waals surface area contributed by atoms with E-state index < -0.39 is 17.5 Å². The maximum Gasteiger partial charge on any atom is 0.338 e. The van der Waals surface area contributed by atoms with Crippen LogP contribution < -0.4 is 9.64 Å². The summed E-state index contributed by atoms with van der Waals surface area (Å²) in [4.78, 5) is 38.4. The zero-order chi connectivity index (χ0) is 20.8. The Morgan fingerprint density at radius 1 is 1.07 bits per heavy atom. The Bertz CT molecular complexity index is 891. The lowest BCUT2D eigenvalue weighted by atomic mass is 10.2. The van der Waals surface area contributed by atoms with Gasteiger partial charge in [-0.25, -0.2) is 4.79 Å². The van der Waals surface area contributed by atoms with E-state index in [1.54, 1.807) is 12.0 Å². The molecule has 1 heterocycles. The summed E-state index contributed by atoms with van der Waals surface area (Å²) >= 11 is 0. The highest BCUT2D eigenvalue weighted by atomic mass is 16.6. The van der Waals surface area contributed by atoms with Crippen LogP contribution in [-0.4, -0.2) is 61.6 Å². The Kier molecular flexibility index (Phi) is 6.28. The minimum absolute atomic E-state index is 0.0383. The largest absolute Gasteiger partial charge is 0.497 e. The topological polar surface area (TPSA) is 102 Å². The van der Waals surface area contributed by atoms with Gasteiger partial charge in [0, 0.05) is 44.0 Å². The van der Waals surface area contributed by atoms with Gasteiger partial charge in [-0.2, -0.15) is 0 Å². The molecule has 9 nitrogen and oxygen atoms in total. The summed E-state index contributed by atoms with van der Waals surface area (Å²) < 4.78 is 10.2. The first-order chi connectivity index (χ1) is 14.0. The SMILES string of the molecule is COc1ccc(N2CCN(C(=O)COC(=O)c3cccc([N+](=O)[O-])c3)CC2)cc1. The van der Waals surface area contributed by atoms with Crippen molar-refractivity contribution >= 4 is 23.3 Å². The van der Waals surface area contributed by atoms with E-state index in [-0.39, 0.29) is 17.2 Å². The van der Waals surface area contributed by atoms with Crippen LogP contribution in [0.25, 0.3) is 0 Å². The van der Waals surface area contributed by atoms with Gasteiger partial charge in [-0.05, 0) is 30.3 Å². The lowest BCUT2D eigenvalue weighted by Gasteiger charge is -2.36. The van der Waals surface area contributed by atoms with Gasteiger partial charge in [0.05, 0.1) is 17.6 Å². The van der Waals surface area contributed by atoms with Crippen LogP contribution in [0.5, 0.6) is 5.75 Å². The predicted molar refractivity (Wildman–Crippen MR) is 105 cm³/mol. The molecule has 2 aromatic carbocycles. The number of carbonyl (C=O) groups is 2. The maximum absolute atomic E-state index is 12.3. The average Bonchev–Trinajstić information content (AvgIpc) is 2.77. The Morgan fingerprint density at radius 3 is 2.38 bits per heavy atom. The summed E-state index contributed by atoms with van der Waals surface area (Å²) in [5.41, 5.74) is 0.881. The molecule has 1 aliphatic heterocycles. The minimum atomic E-state index is -0.765. The number of esters is 1. The molecule has 0 aliphatic carbocycles. The Hall–Kier alpha value is -3.62. The Morgan fingerprint density at radius 2 is 1.76 bits per heavy atom. The van der Waals surface area contributed by atoms with E-state index >= 15 is 0 Å². The van der Waals surface area contributed by atoms with Gasteiger partial charge in [0.2, 0.25) is 0 Å². The van der Waals surface area contributed by atoms with Crippen LogP contribution in [-0.2, 0) is 9.53 Å². The highest BCUT2D eigenvalue weighted by Crippen LogP contribution is 2.20. The first-order valence-corrected chi connectivity index (χ1v) is 9.06. The van der Waals surface area contributed by atoms with Gasteiger partial charge in [0.25, 0.3) is 11.6 Å². The summed E-state index contributed by atoms with van der Waals surface area (Å²) in [6.45, 7) is 1.95. The zero-order valence-electron chi connectivity index (χ0n) is 15.9. The Balaban J connectivity index is 1.48. The fraction of sp³-hybridized carbons (Fsp3) is 0.300. The number of nitro benzene ring substituents is 1. The number of non-ortho nitro benzene ring substituents is 1. The number of hydrogen-bond acceptors (Lipinski definition) is 7. The van der Waals surface area contributed by atoms with Crippen molar-refractivity contribution in [3.63, 3.8) is 0 Å². The van der Waals surface area contributed by atoms with Gasteiger partial charge < -0.3 is 19.3 Å². The molecule has 0 bridgehead atoms. The third-order valence-electron chi connectivity index (χ3n) is 4.69. The summed E-state index contributed by atoms with van der Waals surface area (Å²) in [7, 11) is 1.62. The fourth-order valence-corrected chi connectivity index (χ4v) is 3.06. The van der Waals surface area contributed by atoms with Crippen LogP contribution >= 0.6 is 0 Å². The molecule has 1 aliphatic rings. The third-order valence-corrected chi connectivity index (χ3v) is 4.69. The van der Waals surface area contributed by atoms with Crippen molar-refractivity contribution in [3.8, 4) is 5.75 Å². The van der Waals surface area contributed by atoms with Gasteiger partial charge in [0.1, 0.15) is 5.75 Å². The summed E-state index contributed by atoms with van der Waals surface area (Å²) in [5, 5.41) is 10.8. The van der Waals surface area contributed by atoms with E-state index in [9.17, 15) is 19.7 Å². The molecule has 0 aromatic heterocycles. The smallest absolute Gasteiger partial charge is 0.338 e. The lowest BCUT2D eigenvalue weighted by Crippen LogP contribution is -2.49.